The summed E-state index contributed by atoms with van der Waals surface area (Å²) in [5.41, 5.74) is -1.89. The molecular weight excluding hydrogens is 321 g/mol. The zero-order valence-electron chi connectivity index (χ0n) is 11.8. The number of likely N-dealkylation sites (N-methyl/N-ethyl adjacent to an activating group) is 1. The van der Waals surface area contributed by atoms with Crippen LogP contribution in [0.2, 0.25) is 0 Å². The molecule has 0 aliphatic carbocycles. The third kappa shape index (κ3) is 3.66. The van der Waals surface area contributed by atoms with Crippen molar-refractivity contribution in [3.8, 4) is 0 Å². The van der Waals surface area contributed by atoms with Crippen molar-refractivity contribution in [1.29, 1.82) is 0 Å². The summed E-state index contributed by atoms with van der Waals surface area (Å²) in [5.74, 6) is -1.10. The first-order valence-corrected chi connectivity index (χ1v) is 7.03. The topological polar surface area (TPSA) is 51.1 Å². The molecule has 1 aromatic rings. The molecule has 0 bridgehead atoms. The van der Waals surface area contributed by atoms with Gasteiger partial charge >= 0.3 is 12.1 Å². The number of ether oxygens (including phenoxy) is 1. The van der Waals surface area contributed by atoms with Gasteiger partial charge < -0.3 is 14.5 Å². The molecule has 120 valence electrons. The number of hydrogen-bond donors (Lipinski definition) is 0. The fourth-order valence-electron chi connectivity index (χ4n) is 1.72. The third-order valence-electron chi connectivity index (χ3n) is 2.87. The van der Waals surface area contributed by atoms with E-state index in [0.29, 0.717) is 18.0 Å². The van der Waals surface area contributed by atoms with Gasteiger partial charge in [0, 0.05) is 25.6 Å². The number of anilines is 1. The Balaban J connectivity index is 2.20. The van der Waals surface area contributed by atoms with Crippen molar-refractivity contribution in [2.75, 3.05) is 32.2 Å². The molecule has 0 spiro atoms. The second-order valence-corrected chi connectivity index (χ2v) is 5.56. The largest absolute Gasteiger partial charge is 0.437 e. The maximum absolute atomic E-state index is 12.7. The van der Waals surface area contributed by atoms with Crippen LogP contribution in [0.25, 0.3) is 6.08 Å². The molecule has 9 heteroatoms. The van der Waals surface area contributed by atoms with E-state index < -0.39 is 23.4 Å². The number of carbonyl (C=O) groups excluding carboxylic acids is 1. The first-order valence-electron chi connectivity index (χ1n) is 6.21. The molecule has 0 amide bonds. The highest BCUT2D eigenvalue weighted by Crippen LogP contribution is 2.31. The Kier molecular flexibility index (Phi) is 4.87. The molecule has 0 radical (unpaired) electrons. The summed E-state index contributed by atoms with van der Waals surface area (Å²) in [6.07, 6.45) is -3.59. The van der Waals surface area contributed by atoms with Gasteiger partial charge in [0.1, 0.15) is 0 Å². The molecule has 1 aliphatic heterocycles. The molecule has 2 heterocycles. The summed E-state index contributed by atoms with van der Waals surface area (Å²) < 4.78 is 43.2. The predicted octanol–water partition coefficient (Wildman–Crippen LogP) is 2.69. The molecule has 0 aromatic carbocycles. The van der Waals surface area contributed by atoms with Crippen LogP contribution in [0.4, 0.5) is 18.2 Å². The maximum Gasteiger partial charge on any atom is 0.437 e. The number of nitrogens with zero attached hydrogens (tertiary/aromatic N) is 2. The minimum atomic E-state index is -4.73. The number of carbonyl (C=O) groups is 1. The minimum absolute atomic E-state index is 0.505. The highest BCUT2D eigenvalue weighted by molar-refractivity contribution is 7.17. The summed E-state index contributed by atoms with van der Waals surface area (Å²) in [6, 6.07) is 3.40. The van der Waals surface area contributed by atoms with Crippen LogP contribution < -0.4 is 4.90 Å². The molecule has 1 aliphatic rings. The molecule has 0 atom stereocenters. The lowest BCUT2D eigenvalue weighted by atomic mass is 10.1. The van der Waals surface area contributed by atoms with E-state index in [1.807, 2.05) is 11.9 Å². The average molecular weight is 334 g/mol. The Morgan fingerprint density at radius 2 is 2.18 bits per heavy atom. The van der Waals surface area contributed by atoms with Crippen LogP contribution in [-0.4, -0.2) is 45.2 Å². The molecule has 0 fully saturated rings. The highest BCUT2D eigenvalue weighted by atomic mass is 32.1. The first kappa shape index (κ1) is 16.5. The Bertz CT molecular complexity index is 622. The molecule has 0 unspecified atom stereocenters. The normalized spacial score (nSPS) is 16.9. The van der Waals surface area contributed by atoms with Crippen LogP contribution in [0, 0.1) is 0 Å². The summed E-state index contributed by atoms with van der Waals surface area (Å²) in [4.78, 5) is 17.9. The molecule has 1 aromatic heterocycles. The number of hydrogen-bond acceptors (Lipinski definition) is 6. The van der Waals surface area contributed by atoms with E-state index in [1.54, 1.807) is 19.2 Å². The minimum Gasteiger partial charge on any atom is -0.383 e. The molecule has 22 heavy (non-hydrogen) atoms. The smallest absolute Gasteiger partial charge is 0.383 e. The van der Waals surface area contributed by atoms with Crippen molar-refractivity contribution >= 4 is 34.1 Å². The standard InChI is InChI=1S/C13H13F3N2O3S/c1-18(5-6-20-2)10-4-3-8(22-10)7-9-11(13(14,15)16)17-21-12(9)19/h3-4,7H,5-6H2,1-2H3. The SMILES string of the molecule is COCCN(C)c1ccc(C=C2C(=O)ON=C2C(F)(F)F)s1. The van der Waals surface area contributed by atoms with E-state index in [1.165, 1.54) is 11.3 Å². The van der Waals surface area contributed by atoms with Gasteiger partial charge in [-0.3, -0.25) is 0 Å². The Morgan fingerprint density at radius 3 is 2.82 bits per heavy atom. The number of oxime groups is 1. The lowest BCUT2D eigenvalue weighted by Gasteiger charge is -2.15. The summed E-state index contributed by atoms with van der Waals surface area (Å²) >= 11 is 1.26. The van der Waals surface area contributed by atoms with E-state index in [-0.39, 0.29) is 0 Å². The van der Waals surface area contributed by atoms with E-state index in [0.717, 1.165) is 11.1 Å². The fourth-order valence-corrected chi connectivity index (χ4v) is 2.66. The van der Waals surface area contributed by atoms with Gasteiger partial charge in [-0.25, -0.2) is 4.79 Å². The molecule has 0 saturated carbocycles. The van der Waals surface area contributed by atoms with Gasteiger partial charge in [-0.2, -0.15) is 13.2 Å². The highest BCUT2D eigenvalue weighted by Gasteiger charge is 2.45. The van der Waals surface area contributed by atoms with Gasteiger partial charge in [-0.05, 0) is 18.2 Å². The van der Waals surface area contributed by atoms with Crippen LogP contribution in [-0.2, 0) is 14.4 Å². The summed E-state index contributed by atoms with van der Waals surface area (Å²) in [7, 11) is 3.43. The Hall–Kier alpha value is -1.87. The van der Waals surface area contributed by atoms with Crippen LogP contribution in [0.3, 0.4) is 0 Å². The number of halogens is 3. The van der Waals surface area contributed by atoms with Gasteiger partial charge in [0.05, 0.1) is 17.2 Å². The average Bonchev–Trinajstić information content (AvgIpc) is 3.04. The van der Waals surface area contributed by atoms with Gasteiger partial charge in [0.15, 0.2) is 5.71 Å². The van der Waals surface area contributed by atoms with E-state index in [2.05, 4.69) is 9.99 Å². The van der Waals surface area contributed by atoms with Gasteiger partial charge in [0.2, 0.25) is 0 Å². The maximum atomic E-state index is 12.7. The van der Waals surface area contributed by atoms with Crippen molar-refractivity contribution in [3.63, 3.8) is 0 Å². The molecular formula is C13H13F3N2O3S. The number of thiophene rings is 1. The predicted molar refractivity (Wildman–Crippen MR) is 77.0 cm³/mol. The summed E-state index contributed by atoms with van der Waals surface area (Å²) in [5, 5.41) is 3.65. The van der Waals surface area contributed by atoms with Crippen LogP contribution in [0.1, 0.15) is 4.88 Å². The number of methoxy groups -OCH3 is 1. The van der Waals surface area contributed by atoms with E-state index in [9.17, 15) is 18.0 Å². The third-order valence-corrected chi connectivity index (χ3v) is 4.02. The van der Waals surface area contributed by atoms with Gasteiger partial charge in [-0.1, -0.05) is 5.16 Å². The quantitative estimate of drug-likeness (QED) is 0.614. The van der Waals surface area contributed by atoms with Crippen molar-refractivity contribution in [3.05, 3.63) is 22.6 Å². The van der Waals surface area contributed by atoms with Crippen molar-refractivity contribution in [1.82, 2.24) is 0 Å². The monoisotopic (exact) mass is 334 g/mol. The van der Waals surface area contributed by atoms with Gasteiger partial charge in [0.25, 0.3) is 0 Å². The van der Waals surface area contributed by atoms with Crippen LogP contribution in [0.5, 0.6) is 0 Å². The number of alkyl halides is 3. The van der Waals surface area contributed by atoms with Crippen LogP contribution >= 0.6 is 11.3 Å². The zero-order valence-corrected chi connectivity index (χ0v) is 12.6. The van der Waals surface area contributed by atoms with Crippen molar-refractivity contribution in [2.45, 2.75) is 6.18 Å². The van der Waals surface area contributed by atoms with Crippen molar-refractivity contribution in [2.24, 2.45) is 5.16 Å². The Morgan fingerprint density at radius 1 is 1.45 bits per heavy atom. The lowest BCUT2D eigenvalue weighted by Crippen LogP contribution is -2.24. The second-order valence-electron chi connectivity index (χ2n) is 4.46. The lowest BCUT2D eigenvalue weighted by molar-refractivity contribution is -0.136. The van der Waals surface area contributed by atoms with Crippen molar-refractivity contribution < 1.29 is 27.5 Å². The molecule has 2 rings (SSSR count). The molecule has 0 saturated heterocycles. The number of rotatable bonds is 5. The van der Waals surface area contributed by atoms with E-state index >= 15 is 0 Å². The van der Waals surface area contributed by atoms with Crippen LogP contribution in [0.15, 0.2) is 22.9 Å². The molecule has 5 nitrogen and oxygen atoms in total. The van der Waals surface area contributed by atoms with E-state index in [4.69, 9.17) is 4.74 Å². The summed E-state index contributed by atoms with van der Waals surface area (Å²) in [6.45, 7) is 1.17. The second kappa shape index (κ2) is 6.49. The van der Waals surface area contributed by atoms with Gasteiger partial charge in [-0.15, -0.1) is 11.3 Å². The molecule has 0 N–H and O–H groups in total. The Labute approximate surface area is 128 Å². The zero-order chi connectivity index (χ0) is 16.3. The first-order chi connectivity index (χ1) is 10.3. The fraction of sp³-hybridized carbons (Fsp3) is 0.385.